The van der Waals surface area contributed by atoms with Crippen molar-refractivity contribution in [3.05, 3.63) is 0 Å². The second-order valence-electron chi connectivity index (χ2n) is 3.68. The molecule has 0 aliphatic rings. The van der Waals surface area contributed by atoms with Gasteiger partial charge in [-0.1, -0.05) is 6.92 Å². The van der Waals surface area contributed by atoms with Crippen molar-refractivity contribution in [2.75, 3.05) is 26.7 Å². The molecule has 0 fully saturated rings. The van der Waals surface area contributed by atoms with Crippen molar-refractivity contribution in [3.63, 3.8) is 0 Å². The molecule has 4 nitrogen and oxygen atoms in total. The molecule has 0 heterocycles. The van der Waals surface area contributed by atoms with Crippen LogP contribution >= 0.6 is 0 Å². The van der Waals surface area contributed by atoms with Gasteiger partial charge in [0, 0.05) is 13.7 Å². The van der Waals surface area contributed by atoms with E-state index >= 15 is 0 Å². The molecule has 0 aromatic rings. The largest absolute Gasteiger partial charge is 0.369 e. The lowest BCUT2D eigenvalue weighted by Crippen LogP contribution is -2.44. The van der Waals surface area contributed by atoms with Crippen molar-refractivity contribution in [3.8, 4) is 0 Å². The first kappa shape index (κ1) is 13.4. The number of methoxy groups -OCH3 is 1. The molecule has 0 atom stereocenters. The maximum atomic E-state index is 11.5. The van der Waals surface area contributed by atoms with Gasteiger partial charge in [0.2, 0.25) is 0 Å². The van der Waals surface area contributed by atoms with Crippen molar-refractivity contribution < 1.29 is 9.53 Å². The molecule has 0 aliphatic carbocycles. The van der Waals surface area contributed by atoms with Crippen LogP contribution in [0.1, 0.15) is 27.2 Å². The van der Waals surface area contributed by atoms with Crippen molar-refractivity contribution in [2.45, 2.75) is 32.8 Å². The molecular formula is C10H22N2O2. The van der Waals surface area contributed by atoms with Crippen LogP contribution in [0.25, 0.3) is 0 Å². The first-order valence-corrected chi connectivity index (χ1v) is 5.08. The summed E-state index contributed by atoms with van der Waals surface area (Å²) in [5.41, 5.74) is -0.724. The van der Waals surface area contributed by atoms with Crippen LogP contribution in [0.15, 0.2) is 0 Å². The van der Waals surface area contributed by atoms with Crippen LogP contribution in [0, 0.1) is 0 Å². The van der Waals surface area contributed by atoms with Gasteiger partial charge < -0.3 is 15.4 Å². The Kier molecular flexibility index (Phi) is 6.49. The molecule has 2 N–H and O–H groups in total. The van der Waals surface area contributed by atoms with E-state index in [0.29, 0.717) is 6.54 Å². The number of carbonyl (C=O) groups is 1. The Morgan fingerprint density at radius 1 is 1.36 bits per heavy atom. The fourth-order valence-electron chi connectivity index (χ4n) is 0.898. The smallest absolute Gasteiger partial charge is 0.251 e. The number of nitrogens with one attached hydrogen (secondary N) is 2. The van der Waals surface area contributed by atoms with Crippen LogP contribution in [0.4, 0.5) is 0 Å². The summed E-state index contributed by atoms with van der Waals surface area (Å²) in [5.74, 6) is -0.0588. The summed E-state index contributed by atoms with van der Waals surface area (Å²) < 4.78 is 5.05. The fourth-order valence-corrected chi connectivity index (χ4v) is 0.898. The number of hydrogen-bond donors (Lipinski definition) is 2. The Labute approximate surface area is 86.4 Å². The molecule has 0 rings (SSSR count). The van der Waals surface area contributed by atoms with E-state index in [-0.39, 0.29) is 5.91 Å². The van der Waals surface area contributed by atoms with Crippen LogP contribution in [0.5, 0.6) is 0 Å². The van der Waals surface area contributed by atoms with E-state index < -0.39 is 5.60 Å². The Hall–Kier alpha value is -0.610. The quantitative estimate of drug-likeness (QED) is 0.592. The topological polar surface area (TPSA) is 50.4 Å². The molecule has 0 saturated heterocycles. The molecule has 0 aromatic carbocycles. The Morgan fingerprint density at radius 3 is 2.50 bits per heavy atom. The number of carbonyl (C=O) groups excluding carboxylic acids is 1. The van der Waals surface area contributed by atoms with E-state index in [1.165, 1.54) is 7.11 Å². The van der Waals surface area contributed by atoms with Gasteiger partial charge in [0.1, 0.15) is 5.60 Å². The van der Waals surface area contributed by atoms with E-state index in [4.69, 9.17) is 4.74 Å². The van der Waals surface area contributed by atoms with Crippen molar-refractivity contribution in [1.29, 1.82) is 0 Å². The minimum Gasteiger partial charge on any atom is -0.369 e. The lowest BCUT2D eigenvalue weighted by Gasteiger charge is -2.21. The first-order valence-electron chi connectivity index (χ1n) is 5.08. The fraction of sp³-hybridized carbons (Fsp3) is 0.900. The second kappa shape index (κ2) is 6.79. The molecule has 84 valence electrons. The zero-order chi connectivity index (χ0) is 11.0. The van der Waals surface area contributed by atoms with Crippen molar-refractivity contribution in [1.82, 2.24) is 10.6 Å². The zero-order valence-electron chi connectivity index (χ0n) is 9.64. The Morgan fingerprint density at radius 2 is 2.00 bits per heavy atom. The predicted molar refractivity (Wildman–Crippen MR) is 57.3 cm³/mol. The molecule has 0 unspecified atom stereocenters. The van der Waals surface area contributed by atoms with Gasteiger partial charge in [-0.2, -0.15) is 0 Å². The minimum absolute atomic E-state index is 0.0588. The molecule has 14 heavy (non-hydrogen) atoms. The minimum atomic E-state index is -0.724. The van der Waals surface area contributed by atoms with Gasteiger partial charge in [-0.3, -0.25) is 4.79 Å². The van der Waals surface area contributed by atoms with E-state index in [1.54, 1.807) is 13.8 Å². The Balaban J connectivity index is 3.54. The zero-order valence-corrected chi connectivity index (χ0v) is 9.64. The summed E-state index contributed by atoms with van der Waals surface area (Å²) in [7, 11) is 1.54. The summed E-state index contributed by atoms with van der Waals surface area (Å²) in [6, 6.07) is 0. The highest BCUT2D eigenvalue weighted by Crippen LogP contribution is 2.06. The lowest BCUT2D eigenvalue weighted by molar-refractivity contribution is -0.139. The molecule has 0 radical (unpaired) electrons. The van der Waals surface area contributed by atoms with E-state index in [9.17, 15) is 4.79 Å². The molecule has 0 aliphatic heterocycles. The van der Waals surface area contributed by atoms with Crippen LogP contribution in [-0.2, 0) is 9.53 Å². The average Bonchev–Trinajstić information content (AvgIpc) is 2.17. The van der Waals surface area contributed by atoms with Crippen LogP contribution in [0.3, 0.4) is 0 Å². The summed E-state index contributed by atoms with van der Waals surface area (Å²) >= 11 is 0. The highest BCUT2D eigenvalue weighted by molar-refractivity contribution is 5.84. The van der Waals surface area contributed by atoms with Gasteiger partial charge in [-0.05, 0) is 33.4 Å². The Bertz CT molecular complexity index is 170. The summed E-state index contributed by atoms with van der Waals surface area (Å²) in [4.78, 5) is 11.5. The number of amides is 1. The van der Waals surface area contributed by atoms with Gasteiger partial charge in [0.25, 0.3) is 5.91 Å². The van der Waals surface area contributed by atoms with Crippen LogP contribution in [-0.4, -0.2) is 38.3 Å². The SMILES string of the molecule is CCNCCCNC(=O)C(C)(C)OC. The maximum Gasteiger partial charge on any atom is 0.251 e. The highest BCUT2D eigenvalue weighted by atomic mass is 16.5. The van der Waals surface area contributed by atoms with Gasteiger partial charge in [-0.25, -0.2) is 0 Å². The molecule has 0 aromatic heterocycles. The van der Waals surface area contributed by atoms with Gasteiger partial charge in [0.05, 0.1) is 0 Å². The standard InChI is InChI=1S/C10H22N2O2/c1-5-11-7-6-8-12-9(13)10(2,3)14-4/h11H,5-8H2,1-4H3,(H,12,13). The third kappa shape index (κ3) is 5.19. The van der Waals surface area contributed by atoms with E-state index in [2.05, 4.69) is 17.6 Å². The summed E-state index contributed by atoms with van der Waals surface area (Å²) in [6.07, 6.45) is 0.944. The van der Waals surface area contributed by atoms with E-state index in [1.807, 2.05) is 0 Å². The third-order valence-corrected chi connectivity index (χ3v) is 2.12. The monoisotopic (exact) mass is 202 g/mol. The lowest BCUT2D eigenvalue weighted by atomic mass is 10.1. The van der Waals surface area contributed by atoms with Crippen LogP contribution in [0.2, 0.25) is 0 Å². The number of hydrogen-bond acceptors (Lipinski definition) is 3. The number of rotatable bonds is 7. The number of ether oxygens (including phenoxy) is 1. The summed E-state index contributed by atoms with van der Waals surface area (Å²) in [6.45, 7) is 8.17. The van der Waals surface area contributed by atoms with Crippen molar-refractivity contribution >= 4 is 5.91 Å². The van der Waals surface area contributed by atoms with Gasteiger partial charge in [0.15, 0.2) is 0 Å². The highest BCUT2D eigenvalue weighted by Gasteiger charge is 2.25. The molecule has 4 heteroatoms. The van der Waals surface area contributed by atoms with Crippen molar-refractivity contribution in [2.24, 2.45) is 0 Å². The van der Waals surface area contributed by atoms with Crippen LogP contribution < -0.4 is 10.6 Å². The third-order valence-electron chi connectivity index (χ3n) is 2.12. The molecule has 1 amide bonds. The normalized spacial score (nSPS) is 11.4. The predicted octanol–water partition coefficient (Wildman–Crippen LogP) is 0.527. The molecule has 0 spiro atoms. The van der Waals surface area contributed by atoms with Gasteiger partial charge in [-0.15, -0.1) is 0 Å². The average molecular weight is 202 g/mol. The molecule has 0 bridgehead atoms. The molecular weight excluding hydrogens is 180 g/mol. The first-order chi connectivity index (χ1) is 6.54. The second-order valence-corrected chi connectivity index (χ2v) is 3.68. The van der Waals surface area contributed by atoms with E-state index in [0.717, 1.165) is 19.5 Å². The summed E-state index contributed by atoms with van der Waals surface area (Å²) in [5, 5.41) is 6.02. The van der Waals surface area contributed by atoms with Gasteiger partial charge >= 0.3 is 0 Å². The maximum absolute atomic E-state index is 11.5. The molecule has 0 saturated carbocycles.